The number of hydrogen-bond acceptors (Lipinski definition) is 2. The molecule has 0 aromatic heterocycles. The Balaban J connectivity index is 1.46. The fourth-order valence-electron chi connectivity index (χ4n) is 3.63. The maximum atomic E-state index is 2.32. The van der Waals surface area contributed by atoms with Crippen molar-refractivity contribution in [1.82, 2.24) is 9.80 Å². The van der Waals surface area contributed by atoms with Crippen LogP contribution in [0.25, 0.3) is 0 Å². The topological polar surface area (TPSA) is 6.48 Å². The zero-order valence-corrected chi connectivity index (χ0v) is 17.7. The van der Waals surface area contributed by atoms with Crippen molar-refractivity contribution < 1.29 is 0 Å². The lowest BCUT2D eigenvalue weighted by Gasteiger charge is -2.20. The van der Waals surface area contributed by atoms with Gasteiger partial charge in [0.25, 0.3) is 0 Å². The maximum absolute atomic E-state index is 2.32. The van der Waals surface area contributed by atoms with Crippen LogP contribution in [0.1, 0.15) is 84.0 Å². The molecule has 0 unspecified atom stereocenters. The van der Waals surface area contributed by atoms with Crippen LogP contribution in [0.4, 0.5) is 0 Å². The maximum Gasteiger partial charge on any atom is 0.0219 e. The van der Waals surface area contributed by atoms with E-state index in [2.05, 4.69) is 72.9 Å². The third-order valence-electron chi connectivity index (χ3n) is 5.47. The minimum atomic E-state index is 1.14. The smallest absolute Gasteiger partial charge is 0.0219 e. The van der Waals surface area contributed by atoms with Gasteiger partial charge in [0.2, 0.25) is 0 Å². The van der Waals surface area contributed by atoms with E-state index in [1.54, 1.807) is 0 Å². The lowest BCUT2D eigenvalue weighted by molar-refractivity contribution is 0.461. The molecule has 2 heterocycles. The Hall–Kier alpha value is -1.70. The summed E-state index contributed by atoms with van der Waals surface area (Å²) in [4.78, 5) is 4.39. The standard InChI is InChI=1S/C25H40N2/c1-3-4-5-6-7-8-9-10-11-12-13-14-19-27-22-17-25(18-23-27)24-15-20-26(2)21-16-24/h15-18,20-23H,3-14,19H2,1-2H3. The van der Waals surface area contributed by atoms with E-state index in [9.17, 15) is 0 Å². The second-order valence-corrected chi connectivity index (χ2v) is 7.97. The molecular formula is C25H40N2. The van der Waals surface area contributed by atoms with Crippen LogP contribution in [0.15, 0.2) is 60.3 Å². The molecule has 2 aliphatic heterocycles. The molecule has 2 rings (SSSR count). The van der Waals surface area contributed by atoms with Crippen LogP contribution >= 0.6 is 0 Å². The molecule has 2 nitrogen and oxygen atoms in total. The molecule has 0 aromatic rings. The number of nitrogens with zero attached hydrogens (tertiary/aromatic N) is 2. The highest BCUT2D eigenvalue weighted by atomic mass is 15.1. The third kappa shape index (κ3) is 9.17. The van der Waals surface area contributed by atoms with Crippen molar-refractivity contribution in [2.45, 2.75) is 84.0 Å². The van der Waals surface area contributed by atoms with Crippen molar-refractivity contribution >= 4 is 0 Å². The van der Waals surface area contributed by atoms with Crippen LogP contribution in [0.5, 0.6) is 0 Å². The molecule has 0 amide bonds. The van der Waals surface area contributed by atoms with Crippen molar-refractivity contribution in [3.05, 3.63) is 60.3 Å². The lowest BCUT2D eigenvalue weighted by atomic mass is 10.0. The monoisotopic (exact) mass is 368 g/mol. The van der Waals surface area contributed by atoms with Gasteiger partial charge in [-0.3, -0.25) is 0 Å². The third-order valence-corrected chi connectivity index (χ3v) is 5.47. The average molecular weight is 369 g/mol. The Kier molecular flexibility index (Phi) is 10.8. The van der Waals surface area contributed by atoms with Crippen LogP contribution in [0, 0.1) is 0 Å². The van der Waals surface area contributed by atoms with Gasteiger partial charge in [-0.25, -0.2) is 0 Å². The van der Waals surface area contributed by atoms with Gasteiger partial charge in [0.1, 0.15) is 0 Å². The summed E-state index contributed by atoms with van der Waals surface area (Å²) in [5.74, 6) is 0. The minimum absolute atomic E-state index is 1.14. The van der Waals surface area contributed by atoms with Crippen LogP contribution in [0.2, 0.25) is 0 Å². The summed E-state index contributed by atoms with van der Waals surface area (Å²) < 4.78 is 0. The van der Waals surface area contributed by atoms with Gasteiger partial charge < -0.3 is 9.80 Å². The highest BCUT2D eigenvalue weighted by Crippen LogP contribution is 2.19. The number of rotatable bonds is 13. The first-order valence-corrected chi connectivity index (χ1v) is 11.2. The zero-order valence-electron chi connectivity index (χ0n) is 17.7. The van der Waals surface area contributed by atoms with Gasteiger partial charge in [-0.2, -0.15) is 0 Å². The van der Waals surface area contributed by atoms with Gasteiger partial charge in [0, 0.05) is 38.4 Å². The molecule has 0 fully saturated rings. The molecule has 0 bridgehead atoms. The molecule has 2 heteroatoms. The van der Waals surface area contributed by atoms with E-state index in [-0.39, 0.29) is 0 Å². The summed E-state index contributed by atoms with van der Waals surface area (Å²) in [6.45, 7) is 3.43. The summed E-state index contributed by atoms with van der Waals surface area (Å²) in [6, 6.07) is 0. The van der Waals surface area contributed by atoms with Crippen LogP contribution in [-0.4, -0.2) is 23.4 Å². The SMILES string of the molecule is CCCCCCCCCCCCCCN1C=CC(=C2C=CN(C)C=C2)C=C1. The van der Waals surface area contributed by atoms with Crippen molar-refractivity contribution in [3.8, 4) is 0 Å². The molecule has 2 aliphatic rings. The van der Waals surface area contributed by atoms with Gasteiger partial charge in [-0.1, -0.05) is 77.6 Å². The van der Waals surface area contributed by atoms with Crippen LogP contribution < -0.4 is 0 Å². The first-order valence-electron chi connectivity index (χ1n) is 11.2. The zero-order chi connectivity index (χ0) is 19.2. The Morgan fingerprint density at radius 1 is 0.556 bits per heavy atom. The second kappa shape index (κ2) is 13.5. The van der Waals surface area contributed by atoms with Crippen molar-refractivity contribution in [1.29, 1.82) is 0 Å². The molecule has 0 aliphatic carbocycles. The summed E-state index contributed by atoms with van der Waals surface area (Å²) in [7, 11) is 2.05. The summed E-state index contributed by atoms with van der Waals surface area (Å²) in [6.07, 6.45) is 34.4. The van der Waals surface area contributed by atoms with Gasteiger partial charge >= 0.3 is 0 Å². The second-order valence-electron chi connectivity index (χ2n) is 7.97. The Bertz CT molecular complexity index is 519. The van der Waals surface area contributed by atoms with E-state index in [1.807, 2.05) is 0 Å². The van der Waals surface area contributed by atoms with E-state index in [1.165, 1.54) is 88.2 Å². The van der Waals surface area contributed by atoms with Crippen molar-refractivity contribution in [2.75, 3.05) is 13.6 Å². The number of unbranched alkanes of at least 4 members (excludes halogenated alkanes) is 11. The average Bonchev–Trinajstić information content (AvgIpc) is 2.70. The first kappa shape index (κ1) is 21.6. The van der Waals surface area contributed by atoms with Gasteiger partial charge in [0.05, 0.1) is 0 Å². The summed E-state index contributed by atoms with van der Waals surface area (Å²) in [5, 5.41) is 0. The Labute approximate surface area is 168 Å². The van der Waals surface area contributed by atoms with E-state index in [4.69, 9.17) is 0 Å². The van der Waals surface area contributed by atoms with Gasteiger partial charge in [-0.15, -0.1) is 0 Å². The molecule has 0 atom stereocenters. The van der Waals surface area contributed by atoms with E-state index < -0.39 is 0 Å². The fourth-order valence-corrected chi connectivity index (χ4v) is 3.63. The Morgan fingerprint density at radius 2 is 0.963 bits per heavy atom. The molecular weight excluding hydrogens is 328 g/mol. The fraction of sp³-hybridized carbons (Fsp3) is 0.600. The largest absolute Gasteiger partial charge is 0.357 e. The molecule has 150 valence electrons. The normalized spacial score (nSPS) is 16.1. The number of allylic oxidation sites excluding steroid dienone is 6. The minimum Gasteiger partial charge on any atom is -0.357 e. The molecule has 0 spiro atoms. The highest BCUT2D eigenvalue weighted by molar-refractivity contribution is 5.48. The highest BCUT2D eigenvalue weighted by Gasteiger charge is 2.05. The predicted octanol–water partition coefficient (Wildman–Crippen LogP) is 7.30. The van der Waals surface area contributed by atoms with Gasteiger partial charge in [0.15, 0.2) is 0 Å². The molecule has 0 saturated carbocycles. The van der Waals surface area contributed by atoms with E-state index in [0.717, 1.165) is 6.54 Å². The van der Waals surface area contributed by atoms with Crippen LogP contribution in [-0.2, 0) is 0 Å². The predicted molar refractivity (Wildman–Crippen MR) is 119 cm³/mol. The van der Waals surface area contributed by atoms with E-state index in [0.29, 0.717) is 0 Å². The van der Waals surface area contributed by atoms with Gasteiger partial charge in [-0.05, 0) is 41.9 Å². The molecule has 27 heavy (non-hydrogen) atoms. The molecule has 0 N–H and O–H groups in total. The summed E-state index contributed by atoms with van der Waals surface area (Å²) in [5.41, 5.74) is 2.58. The molecule has 0 radical (unpaired) electrons. The first-order chi connectivity index (χ1) is 13.3. The summed E-state index contributed by atoms with van der Waals surface area (Å²) >= 11 is 0. The van der Waals surface area contributed by atoms with Crippen molar-refractivity contribution in [2.24, 2.45) is 0 Å². The quantitative estimate of drug-likeness (QED) is 0.315. The lowest BCUT2D eigenvalue weighted by Crippen LogP contribution is -2.13. The Morgan fingerprint density at radius 3 is 1.44 bits per heavy atom. The van der Waals surface area contributed by atoms with E-state index >= 15 is 0 Å². The number of hydrogen-bond donors (Lipinski definition) is 0. The molecule has 0 saturated heterocycles. The van der Waals surface area contributed by atoms with Crippen LogP contribution in [0.3, 0.4) is 0 Å². The molecule has 0 aromatic carbocycles. The van der Waals surface area contributed by atoms with Crippen molar-refractivity contribution in [3.63, 3.8) is 0 Å².